The molecule has 2 bridgehead atoms. The SMILES string of the molecule is C[C@@H]1C[C@H]2O[C@@]3(O[C@@H]2C(C)(C)O)C(O)[C@@]2(C)C4CCC5C(C)(C)[C@@H](OC6OC[C@H](O)[C@@H](O)[C@@H]6O)CC[C@@]56C[C@@]46CC[C@]2(C)C13. The number of hydrogen-bond donors (Lipinski definition) is 5. The Balaban J connectivity index is 1.10. The van der Waals surface area contributed by atoms with Crippen LogP contribution in [0.25, 0.3) is 0 Å². The maximum atomic E-state index is 12.7. The van der Waals surface area contributed by atoms with Gasteiger partial charge in [0, 0.05) is 11.3 Å². The van der Waals surface area contributed by atoms with Crippen LogP contribution in [-0.4, -0.2) is 92.5 Å². The number of fused-ring (bicyclic) bond motifs is 4. The van der Waals surface area contributed by atoms with Gasteiger partial charge in [0.1, 0.15) is 30.5 Å². The van der Waals surface area contributed by atoms with E-state index in [4.69, 9.17) is 18.9 Å². The Hall–Kier alpha value is -0.360. The molecule has 250 valence electrons. The Morgan fingerprint density at radius 3 is 2.23 bits per heavy atom. The predicted octanol–water partition coefficient (Wildman–Crippen LogP) is 3.12. The lowest BCUT2D eigenvalue weighted by molar-refractivity contribution is -0.303. The standard InChI is InChI=1S/C35H56O9/c1-17-14-19-26(30(4,5)40)44-35(43-19)25(17)31(6)12-13-34-16-33(34)11-10-22(42-27-24(38)23(37)18(36)15-41-27)29(2,3)20(33)8-9-21(34)32(31,7)28(35)39/h17-28,36-40H,8-16H2,1-7H3/t17-,18+,19-,20?,21?,22+,23-,24+,25?,26+,27?,28?,31-,32-,33-,34+,35+/m1/s1. The molecule has 9 heteroatoms. The highest BCUT2D eigenvalue weighted by Gasteiger charge is 2.88. The van der Waals surface area contributed by atoms with Crippen LogP contribution in [0.3, 0.4) is 0 Å². The van der Waals surface area contributed by atoms with Crippen molar-refractivity contribution >= 4 is 0 Å². The average Bonchev–Trinajstić information content (AvgIpc) is 3.45. The smallest absolute Gasteiger partial charge is 0.199 e. The van der Waals surface area contributed by atoms with E-state index in [9.17, 15) is 25.5 Å². The van der Waals surface area contributed by atoms with Crippen LogP contribution >= 0.6 is 0 Å². The van der Waals surface area contributed by atoms with Gasteiger partial charge in [-0.1, -0.05) is 34.6 Å². The summed E-state index contributed by atoms with van der Waals surface area (Å²) < 4.78 is 25.8. The highest BCUT2D eigenvalue weighted by Crippen LogP contribution is 2.90. The van der Waals surface area contributed by atoms with Crippen LogP contribution in [0.1, 0.15) is 99.8 Å². The number of rotatable bonds is 3. The maximum Gasteiger partial charge on any atom is 0.199 e. The molecule has 3 aliphatic heterocycles. The molecule has 0 amide bonds. The fourth-order valence-corrected chi connectivity index (χ4v) is 14.0. The zero-order chi connectivity index (χ0) is 31.6. The second-order valence-electron chi connectivity index (χ2n) is 18.3. The van der Waals surface area contributed by atoms with Gasteiger partial charge in [-0.25, -0.2) is 0 Å². The van der Waals surface area contributed by atoms with Gasteiger partial charge in [0.2, 0.25) is 0 Å². The second-order valence-corrected chi connectivity index (χ2v) is 18.3. The summed E-state index contributed by atoms with van der Waals surface area (Å²) in [6.45, 7) is 15.2. The van der Waals surface area contributed by atoms with Crippen LogP contribution in [-0.2, 0) is 18.9 Å². The van der Waals surface area contributed by atoms with Crippen molar-refractivity contribution in [2.75, 3.05) is 6.61 Å². The highest BCUT2D eigenvalue weighted by molar-refractivity contribution is 5.34. The first-order chi connectivity index (χ1) is 20.4. The van der Waals surface area contributed by atoms with E-state index < -0.39 is 48.2 Å². The normalized spacial score (nSPS) is 62.2. The van der Waals surface area contributed by atoms with Crippen molar-refractivity contribution in [3.8, 4) is 0 Å². The van der Waals surface area contributed by atoms with Gasteiger partial charge in [0.25, 0.3) is 0 Å². The molecular weight excluding hydrogens is 564 g/mol. The Kier molecular flexibility index (Phi) is 6.33. The van der Waals surface area contributed by atoms with E-state index in [1.54, 1.807) is 13.8 Å². The summed E-state index contributed by atoms with van der Waals surface area (Å²) in [7, 11) is 0. The molecule has 5 aliphatic carbocycles. The van der Waals surface area contributed by atoms with Crippen molar-refractivity contribution < 1.29 is 44.5 Å². The molecule has 3 spiro atoms. The second kappa shape index (κ2) is 9.00. The molecule has 8 aliphatic rings. The molecule has 0 aromatic heterocycles. The number of aliphatic hydroxyl groups is 5. The lowest BCUT2D eigenvalue weighted by atomic mass is 9.41. The van der Waals surface area contributed by atoms with Gasteiger partial charge in [0.15, 0.2) is 12.1 Å². The lowest BCUT2D eigenvalue weighted by Gasteiger charge is -2.63. The third kappa shape index (κ3) is 3.38. The van der Waals surface area contributed by atoms with E-state index in [1.807, 2.05) is 0 Å². The summed E-state index contributed by atoms with van der Waals surface area (Å²) in [4.78, 5) is 0. The van der Waals surface area contributed by atoms with Crippen molar-refractivity contribution in [1.82, 2.24) is 0 Å². The van der Waals surface area contributed by atoms with E-state index in [2.05, 4.69) is 34.6 Å². The van der Waals surface area contributed by atoms with E-state index >= 15 is 0 Å². The third-order valence-corrected chi connectivity index (χ3v) is 15.9. The Morgan fingerprint density at radius 1 is 0.841 bits per heavy atom. The third-order valence-electron chi connectivity index (χ3n) is 15.9. The first kappa shape index (κ1) is 30.9. The van der Waals surface area contributed by atoms with Crippen molar-refractivity contribution in [3.05, 3.63) is 0 Å². The monoisotopic (exact) mass is 620 g/mol. The topological polar surface area (TPSA) is 138 Å². The summed E-state index contributed by atoms with van der Waals surface area (Å²) >= 11 is 0. The molecule has 8 rings (SSSR count). The minimum Gasteiger partial charge on any atom is -0.388 e. The molecule has 3 heterocycles. The molecule has 3 saturated heterocycles. The van der Waals surface area contributed by atoms with Gasteiger partial charge in [0.05, 0.1) is 24.4 Å². The zero-order valence-electron chi connectivity index (χ0n) is 27.7. The minimum atomic E-state index is -1.28. The molecule has 5 saturated carbocycles. The summed E-state index contributed by atoms with van der Waals surface area (Å²) in [6.07, 6.45) is 2.00. The van der Waals surface area contributed by atoms with Gasteiger partial charge in [-0.3, -0.25) is 0 Å². The van der Waals surface area contributed by atoms with Gasteiger partial charge in [-0.2, -0.15) is 0 Å². The molecular formula is C35H56O9. The van der Waals surface area contributed by atoms with Crippen LogP contribution in [0.5, 0.6) is 0 Å². The number of ether oxygens (including phenoxy) is 4. The summed E-state index contributed by atoms with van der Waals surface area (Å²) in [5.41, 5.74) is -1.39. The minimum absolute atomic E-state index is 0.0559. The lowest BCUT2D eigenvalue weighted by Crippen LogP contribution is -2.61. The summed E-state index contributed by atoms with van der Waals surface area (Å²) in [5, 5.41) is 54.5. The molecule has 44 heavy (non-hydrogen) atoms. The van der Waals surface area contributed by atoms with Crippen molar-refractivity contribution in [2.45, 2.75) is 160 Å². The van der Waals surface area contributed by atoms with Gasteiger partial charge >= 0.3 is 0 Å². The summed E-state index contributed by atoms with van der Waals surface area (Å²) in [5.74, 6) is 0.108. The fraction of sp³-hybridized carbons (Fsp3) is 1.00. The van der Waals surface area contributed by atoms with E-state index in [0.717, 1.165) is 44.9 Å². The largest absolute Gasteiger partial charge is 0.388 e. The van der Waals surface area contributed by atoms with E-state index in [-0.39, 0.29) is 51.8 Å². The van der Waals surface area contributed by atoms with Gasteiger partial charge < -0.3 is 44.5 Å². The first-order valence-corrected chi connectivity index (χ1v) is 17.5. The van der Waals surface area contributed by atoms with E-state index in [0.29, 0.717) is 17.8 Å². The van der Waals surface area contributed by atoms with Crippen molar-refractivity contribution in [2.24, 2.45) is 50.7 Å². The molecule has 8 fully saturated rings. The highest BCUT2D eigenvalue weighted by atomic mass is 16.8. The van der Waals surface area contributed by atoms with Gasteiger partial charge in [-0.05, 0) is 105 Å². The van der Waals surface area contributed by atoms with Crippen molar-refractivity contribution in [3.63, 3.8) is 0 Å². The molecule has 17 atom stereocenters. The molecule has 9 nitrogen and oxygen atoms in total. The first-order valence-electron chi connectivity index (χ1n) is 17.5. The van der Waals surface area contributed by atoms with Gasteiger partial charge in [-0.15, -0.1) is 0 Å². The predicted molar refractivity (Wildman–Crippen MR) is 159 cm³/mol. The van der Waals surface area contributed by atoms with Crippen LogP contribution < -0.4 is 0 Å². The zero-order valence-corrected chi connectivity index (χ0v) is 27.7. The molecule has 0 aromatic carbocycles. The Bertz CT molecular complexity index is 1200. The van der Waals surface area contributed by atoms with Crippen LogP contribution in [0.2, 0.25) is 0 Å². The van der Waals surface area contributed by atoms with E-state index in [1.165, 1.54) is 6.42 Å². The number of hydrogen-bond acceptors (Lipinski definition) is 9. The number of aliphatic hydroxyl groups excluding tert-OH is 4. The van der Waals surface area contributed by atoms with Crippen LogP contribution in [0.15, 0.2) is 0 Å². The Morgan fingerprint density at radius 2 is 1.52 bits per heavy atom. The molecule has 5 N–H and O–H groups in total. The Labute approximate surface area is 262 Å². The molecule has 5 unspecified atom stereocenters. The average molecular weight is 621 g/mol. The van der Waals surface area contributed by atoms with Crippen LogP contribution in [0.4, 0.5) is 0 Å². The maximum absolute atomic E-state index is 12.7. The molecule has 0 aromatic rings. The quantitative estimate of drug-likeness (QED) is 0.301. The van der Waals surface area contributed by atoms with Crippen molar-refractivity contribution in [1.29, 1.82) is 0 Å². The fourth-order valence-electron chi connectivity index (χ4n) is 14.0. The molecule has 0 radical (unpaired) electrons. The summed E-state index contributed by atoms with van der Waals surface area (Å²) in [6, 6.07) is 0. The van der Waals surface area contributed by atoms with Crippen LogP contribution in [0, 0.1) is 50.7 Å².